The summed E-state index contributed by atoms with van der Waals surface area (Å²) in [4.78, 5) is 36.7. The maximum absolute atomic E-state index is 12.5. The standard InChI is InChI=1S/C24H25NO2.C24H23NO2.C23H25NO.C21H27N2.C18H33P.C7H6.2C2H4.2ClH.Ru/c2*1-14-7-8-17-18(9-14)19-10-15(2)23(27-3)12-21(19)20-11-16-5-4-6-24(26)25(16)13-22(17)20;1-14-6-7-17-18(9-14)19-10-15(2)23(25-3)12-21(19)20-11-16-5-4-8-24(16)13-22(17)20;1-14-9-16(3)20(17(4)10-14)22-7-8-23(13-22)21-18(5)11-15(2)12-19(21)6;1-4-10-16(11-5-1)19(17-12-6-2-7-13-17)18-14-8-3-9-15-18;1-7-5-3-2-4-6-7;2*1-2;;;/h7-10,12,16H,4-6,11,13H2,1-3H3;4-5,7-10,12,16H,6,11,13H2,1-3H3;6-7,9-10,12,16H,4-5,8,11,13H2,1-3H3;9-13H,7-8H2,1-6H3;16-18H,1-15H2;1-6H;2*1-2H2;2*1H;/q;;;-1;;;;;;;+2/p-1. The third-order valence-electron chi connectivity index (χ3n) is 30.8. The molecular formula is C121H148Cl2N5O5PRu. The topological polar surface area (TPSA) is 78.0 Å². The van der Waals surface area contributed by atoms with Gasteiger partial charge in [-0.1, -0.05) is 138 Å². The zero-order valence-corrected chi connectivity index (χ0v) is 87.8. The van der Waals surface area contributed by atoms with Crippen molar-refractivity contribution in [1.82, 2.24) is 14.7 Å². The monoisotopic (exact) mass is 1950 g/mol. The van der Waals surface area contributed by atoms with Crippen molar-refractivity contribution in [3.63, 3.8) is 0 Å². The number of methoxy groups -OCH3 is 3. The van der Waals surface area contributed by atoms with Crippen LogP contribution < -0.4 is 24.0 Å². The molecule has 7 heterocycles. The molecule has 0 spiro atoms. The van der Waals surface area contributed by atoms with E-state index in [1.807, 2.05) is 45.9 Å². The molecular weight excluding hydrogens is 1810 g/mol. The van der Waals surface area contributed by atoms with E-state index in [0.717, 1.165) is 91.8 Å². The molecule has 12 aromatic carbocycles. The summed E-state index contributed by atoms with van der Waals surface area (Å²) in [5.41, 5.74) is 31.5. The van der Waals surface area contributed by atoms with Gasteiger partial charge in [-0.15, -0.1) is 26.3 Å². The van der Waals surface area contributed by atoms with Gasteiger partial charge in [0, 0.05) is 76.9 Å². The van der Waals surface area contributed by atoms with Crippen molar-refractivity contribution in [2.75, 3.05) is 50.8 Å². The molecule has 714 valence electrons. The first-order valence-corrected chi connectivity index (χ1v) is 57.5. The third kappa shape index (κ3) is 22.3. The van der Waals surface area contributed by atoms with Crippen molar-refractivity contribution in [3.05, 3.63) is 296 Å². The van der Waals surface area contributed by atoms with E-state index in [2.05, 4.69) is 257 Å². The fraction of sp³-hybridized carbons (Fsp3) is 0.421. The van der Waals surface area contributed by atoms with Gasteiger partial charge in [-0.2, -0.15) is 6.67 Å². The number of piperidine rings is 1. The Bertz CT molecular complexity index is 6220. The van der Waals surface area contributed by atoms with Crippen molar-refractivity contribution >= 4 is 120 Å². The average Bonchev–Trinajstić information content (AvgIpc) is 1.62. The first-order valence-electron chi connectivity index (χ1n) is 50.2. The Balaban J connectivity index is 0.000000125. The van der Waals surface area contributed by atoms with Crippen LogP contribution in [0.2, 0.25) is 0 Å². The van der Waals surface area contributed by atoms with E-state index in [-0.39, 0.29) is 19.9 Å². The van der Waals surface area contributed by atoms with Crippen molar-refractivity contribution in [1.29, 1.82) is 0 Å². The molecule has 22 rings (SSSR count). The molecule has 135 heavy (non-hydrogen) atoms. The second kappa shape index (κ2) is 45.6. The van der Waals surface area contributed by atoms with Crippen LogP contribution in [0.1, 0.15) is 241 Å². The van der Waals surface area contributed by atoms with Gasteiger partial charge in [-0.25, -0.2) is 0 Å². The van der Waals surface area contributed by atoms with Crippen LogP contribution in [0.4, 0.5) is 11.4 Å². The first kappa shape index (κ1) is 100. The van der Waals surface area contributed by atoms with Gasteiger partial charge in [0.2, 0.25) is 11.8 Å². The number of nitrogens with zero attached hydrogens (tertiary/aromatic N) is 5. The number of carbonyl (C=O) groups excluding carboxylic acids is 2. The number of carbonyl (C=O) groups is 2. The fourth-order valence-electron chi connectivity index (χ4n) is 24.9. The van der Waals surface area contributed by atoms with Crippen LogP contribution in [0.3, 0.4) is 0 Å². The molecule has 0 radical (unpaired) electrons. The quantitative estimate of drug-likeness (QED) is 0.0465. The van der Waals surface area contributed by atoms with E-state index in [1.54, 1.807) is 129 Å². The van der Waals surface area contributed by atoms with Gasteiger partial charge in [-0.05, 0) is 385 Å². The molecule has 3 saturated carbocycles. The van der Waals surface area contributed by atoms with Crippen LogP contribution in [0.25, 0.3) is 64.6 Å². The number of halogens is 2. The molecule has 0 bridgehead atoms. The number of anilines is 2. The number of benzene rings is 12. The van der Waals surface area contributed by atoms with Crippen LogP contribution in [-0.2, 0) is 62.0 Å². The summed E-state index contributed by atoms with van der Waals surface area (Å²) in [6, 6.07) is 54.2. The Morgan fingerprint density at radius 3 is 1.17 bits per heavy atom. The van der Waals surface area contributed by atoms with Crippen LogP contribution in [0.5, 0.6) is 17.2 Å². The molecule has 0 N–H and O–H groups in total. The zero-order valence-electron chi connectivity index (χ0n) is 83.6. The van der Waals surface area contributed by atoms with E-state index in [4.69, 9.17) is 33.6 Å². The minimum absolute atomic E-state index is 0.0465. The number of ether oxygens (including phenoxy) is 3. The Hall–Kier alpha value is -9.18. The van der Waals surface area contributed by atoms with Crippen LogP contribution in [0.15, 0.2) is 184 Å². The summed E-state index contributed by atoms with van der Waals surface area (Å²) in [6.45, 7) is 46.2. The zero-order chi connectivity index (χ0) is 95.6. The van der Waals surface area contributed by atoms with Crippen molar-refractivity contribution < 1.29 is 37.3 Å². The molecule has 14 heteroatoms. The Morgan fingerprint density at radius 2 is 0.756 bits per heavy atom. The van der Waals surface area contributed by atoms with E-state index in [1.165, 1.54) is 197 Å². The van der Waals surface area contributed by atoms with E-state index >= 15 is 0 Å². The molecule has 10 nitrogen and oxygen atoms in total. The molecule has 10 aliphatic rings. The van der Waals surface area contributed by atoms with Crippen molar-refractivity contribution in [3.8, 4) is 17.2 Å². The van der Waals surface area contributed by atoms with Gasteiger partial charge in [-0.3, -0.25) is 14.5 Å². The molecule has 7 aliphatic heterocycles. The summed E-state index contributed by atoms with van der Waals surface area (Å²) in [7, 11) is 16.5. The van der Waals surface area contributed by atoms with E-state index in [0.29, 0.717) is 31.3 Å². The number of fused-ring (bicyclic) bond motifs is 21. The fourth-order valence-corrected chi connectivity index (χ4v) is 31.9. The van der Waals surface area contributed by atoms with E-state index in [9.17, 15) is 9.59 Å². The van der Waals surface area contributed by atoms with Crippen LogP contribution in [0, 0.1) is 89.8 Å². The van der Waals surface area contributed by atoms with Gasteiger partial charge in [0.15, 0.2) is 0 Å². The van der Waals surface area contributed by atoms with Crippen molar-refractivity contribution in [2.24, 2.45) is 0 Å². The van der Waals surface area contributed by atoms with Gasteiger partial charge in [0.25, 0.3) is 0 Å². The summed E-state index contributed by atoms with van der Waals surface area (Å²) in [6.07, 6.45) is 37.0. The molecule has 3 saturated heterocycles. The second-order valence-electron chi connectivity index (χ2n) is 40.0. The summed E-state index contributed by atoms with van der Waals surface area (Å²) in [5, 5.41) is 15.9. The van der Waals surface area contributed by atoms with Gasteiger partial charge in [0.1, 0.15) is 17.2 Å². The molecule has 6 fully saturated rings. The molecule has 12 aromatic rings. The van der Waals surface area contributed by atoms with Crippen molar-refractivity contribution in [2.45, 2.75) is 292 Å². The minimum atomic E-state index is -1.61. The van der Waals surface area contributed by atoms with Crippen LogP contribution >= 0.6 is 27.3 Å². The number of hydrogen-bond acceptors (Lipinski definition) is 8. The number of amides is 2. The Morgan fingerprint density at radius 1 is 0.370 bits per heavy atom. The van der Waals surface area contributed by atoms with Crippen LogP contribution in [-0.4, -0.2) is 107 Å². The molecule has 3 aliphatic carbocycles. The predicted molar refractivity (Wildman–Crippen MR) is 578 cm³/mol. The Labute approximate surface area is 821 Å². The first-order chi connectivity index (χ1) is 65.4. The number of hydrogen-bond donors (Lipinski definition) is 0. The predicted octanol–water partition coefficient (Wildman–Crippen LogP) is 30.6. The van der Waals surface area contributed by atoms with Gasteiger partial charge < -0.3 is 33.8 Å². The maximum atomic E-state index is 12.5. The number of aryl methyl sites for hydroxylation is 12. The Kier molecular flexibility index (Phi) is 33.9. The normalized spacial score (nSPS) is 18.7. The SMILES string of the molecule is C1CCC([PH+](C2CCCCC2)C2CCCCC2)CC1.C=C.C=C.COc1cc2c3c(c4ccc(C)cc4c2cc1C)CN1C(=O)CC=CC1C3.COc1cc2c3c(c4ccc(C)cc4c2cc1C)CN1C(=O)CCCC1C3.COc1cc2c3c(c4ccc(C)cc4c2cc1C)CN1CCCC1C3.Cc1cc(C)c(N2[CH-]N(c3c(C)cc(C)cc3C)CC2)c(C)c1.[Cl][Ru]([Cl])=[CH]c1ccccc1. The van der Waals surface area contributed by atoms with E-state index < -0.39 is 13.5 Å². The number of rotatable bonds is 9. The average molecular weight is 1960 g/mol. The van der Waals surface area contributed by atoms with Gasteiger partial charge >= 0.3 is 73.4 Å². The molecule has 0 aromatic heterocycles. The summed E-state index contributed by atoms with van der Waals surface area (Å²) >= 11 is -1.61. The molecule has 2 amide bonds. The molecule has 3 atom stereocenters. The summed E-state index contributed by atoms with van der Waals surface area (Å²) in [5.74, 6) is 3.43. The van der Waals surface area contributed by atoms with Gasteiger partial charge in [0.05, 0.1) is 44.3 Å². The second-order valence-corrected chi connectivity index (χ2v) is 49.2. The molecule has 3 unspecified atom stereocenters. The third-order valence-corrected chi connectivity index (χ3v) is 37.3. The summed E-state index contributed by atoms with van der Waals surface area (Å²) < 4.78 is 18.8.